The van der Waals surface area contributed by atoms with Crippen molar-refractivity contribution in [3.63, 3.8) is 0 Å². The zero-order chi connectivity index (χ0) is 26.1. The molecular weight excluding hydrogens is 496 g/mol. The average Bonchev–Trinajstić information content (AvgIpc) is 3.14. The molecule has 1 amide bonds. The highest BCUT2D eigenvalue weighted by Crippen LogP contribution is 2.37. The van der Waals surface area contributed by atoms with Gasteiger partial charge in [-0.1, -0.05) is 48.0 Å². The van der Waals surface area contributed by atoms with Crippen molar-refractivity contribution in [1.82, 2.24) is 14.9 Å². The summed E-state index contributed by atoms with van der Waals surface area (Å²) in [5.74, 6) is -2.49. The molecule has 1 aliphatic carbocycles. The van der Waals surface area contributed by atoms with Crippen LogP contribution in [0.4, 0.5) is 5.82 Å². The Morgan fingerprint density at radius 1 is 1.00 bits per heavy atom. The van der Waals surface area contributed by atoms with Crippen LogP contribution in [0.1, 0.15) is 23.2 Å². The number of anilines is 1. The molecule has 0 radical (unpaired) electrons. The summed E-state index contributed by atoms with van der Waals surface area (Å²) in [6.45, 7) is 1.48. The Labute approximate surface area is 218 Å². The molecule has 1 aromatic heterocycles. The summed E-state index contributed by atoms with van der Waals surface area (Å²) in [7, 11) is 1.54. The van der Waals surface area contributed by atoms with Crippen LogP contribution in [0.15, 0.2) is 54.2 Å². The number of methoxy groups -OCH3 is 1. The molecule has 5 rings (SSSR count). The standard InChI is InChI=1S/C27H27ClN4O5/c1-37-27-29-21-11-9-16(18-6-2-4-17-5-3-7-20(28)22(17)18)8-10-19(21)24(30-27)31-12-14-32(15-13-31)25(34)23(33)26(35)36/h2-7,9,33,35-36H,8,10-15H2,1H3. The smallest absolute Gasteiger partial charge is 0.324 e. The van der Waals surface area contributed by atoms with E-state index in [2.05, 4.69) is 39.1 Å². The summed E-state index contributed by atoms with van der Waals surface area (Å²) in [6.07, 6.45) is 4.33. The first-order valence-corrected chi connectivity index (χ1v) is 12.4. The van der Waals surface area contributed by atoms with Gasteiger partial charge in [-0.25, -0.2) is 0 Å². The van der Waals surface area contributed by atoms with Crippen LogP contribution in [0.2, 0.25) is 5.02 Å². The molecule has 3 N–H and O–H groups in total. The fraction of sp³-hybridized carbons (Fsp3) is 0.296. The number of rotatable bonds is 4. The van der Waals surface area contributed by atoms with Crippen molar-refractivity contribution in [2.24, 2.45) is 0 Å². The van der Waals surface area contributed by atoms with Crippen molar-refractivity contribution >= 4 is 39.7 Å². The van der Waals surface area contributed by atoms with Gasteiger partial charge in [0.1, 0.15) is 5.82 Å². The number of piperazine rings is 1. The average molecular weight is 523 g/mol. The number of amides is 1. The molecule has 3 aromatic rings. The number of allylic oxidation sites excluding steroid dienone is 2. The minimum atomic E-state index is -1.38. The van der Waals surface area contributed by atoms with E-state index in [0.717, 1.165) is 51.3 Å². The van der Waals surface area contributed by atoms with Gasteiger partial charge < -0.3 is 29.9 Å². The normalized spacial score (nSPS) is 15.6. The summed E-state index contributed by atoms with van der Waals surface area (Å²) in [6, 6.07) is 12.4. The molecular formula is C27H27ClN4O5. The van der Waals surface area contributed by atoms with Gasteiger partial charge in [0, 0.05) is 48.6 Å². The number of carbonyl (C=O) groups is 1. The fourth-order valence-corrected chi connectivity index (χ4v) is 5.31. The van der Waals surface area contributed by atoms with E-state index in [9.17, 15) is 9.90 Å². The molecule has 2 aliphatic rings. The first kappa shape index (κ1) is 24.7. The third-order valence-electron chi connectivity index (χ3n) is 6.90. The van der Waals surface area contributed by atoms with Gasteiger partial charge in [0.15, 0.2) is 0 Å². The molecule has 10 heteroatoms. The van der Waals surface area contributed by atoms with Crippen LogP contribution >= 0.6 is 11.6 Å². The molecule has 1 fully saturated rings. The lowest BCUT2D eigenvalue weighted by Gasteiger charge is -2.36. The zero-order valence-corrected chi connectivity index (χ0v) is 21.1. The highest BCUT2D eigenvalue weighted by atomic mass is 35.5. The van der Waals surface area contributed by atoms with Crippen molar-refractivity contribution < 1.29 is 24.9 Å². The Balaban J connectivity index is 1.42. The summed E-state index contributed by atoms with van der Waals surface area (Å²) >= 11 is 6.60. The second kappa shape index (κ2) is 10.2. The zero-order valence-electron chi connectivity index (χ0n) is 20.3. The molecule has 0 bridgehead atoms. The second-order valence-corrected chi connectivity index (χ2v) is 9.39. The summed E-state index contributed by atoms with van der Waals surface area (Å²) in [5, 5.41) is 30.5. The molecule has 2 aromatic carbocycles. The lowest BCUT2D eigenvalue weighted by molar-refractivity contribution is -0.131. The number of aliphatic hydroxyl groups is 3. The van der Waals surface area contributed by atoms with Crippen molar-refractivity contribution in [2.45, 2.75) is 19.3 Å². The molecule has 0 atom stereocenters. The van der Waals surface area contributed by atoms with Gasteiger partial charge in [0.2, 0.25) is 0 Å². The Morgan fingerprint density at radius 3 is 2.43 bits per heavy atom. The number of fused-ring (bicyclic) bond motifs is 2. The quantitative estimate of drug-likeness (QED) is 0.341. The van der Waals surface area contributed by atoms with E-state index in [-0.39, 0.29) is 19.1 Å². The van der Waals surface area contributed by atoms with Crippen LogP contribution < -0.4 is 9.64 Å². The minimum Gasteiger partial charge on any atom is -0.498 e. The van der Waals surface area contributed by atoms with Crippen LogP contribution in [-0.4, -0.2) is 69.4 Å². The number of aliphatic hydroxyl groups excluding tert-OH is 2. The van der Waals surface area contributed by atoms with Crippen LogP contribution in [0.25, 0.3) is 16.3 Å². The number of aromatic nitrogens is 2. The van der Waals surface area contributed by atoms with Gasteiger partial charge in [-0.2, -0.15) is 9.97 Å². The number of ether oxygens (including phenoxy) is 1. The van der Waals surface area contributed by atoms with E-state index in [1.165, 1.54) is 17.6 Å². The summed E-state index contributed by atoms with van der Waals surface area (Å²) in [4.78, 5) is 25.0. The highest BCUT2D eigenvalue weighted by Gasteiger charge is 2.29. The molecule has 1 aliphatic heterocycles. The van der Waals surface area contributed by atoms with E-state index >= 15 is 0 Å². The number of benzene rings is 2. The molecule has 37 heavy (non-hydrogen) atoms. The van der Waals surface area contributed by atoms with Crippen LogP contribution in [0.3, 0.4) is 0 Å². The number of halogens is 1. The topological polar surface area (TPSA) is 119 Å². The Bertz CT molecular complexity index is 1420. The van der Waals surface area contributed by atoms with Crippen LogP contribution in [-0.2, 0) is 17.6 Å². The highest BCUT2D eigenvalue weighted by molar-refractivity contribution is 6.36. The van der Waals surface area contributed by atoms with E-state index in [1.54, 1.807) is 0 Å². The maximum Gasteiger partial charge on any atom is 0.324 e. The molecule has 192 valence electrons. The lowest BCUT2D eigenvalue weighted by atomic mass is 9.95. The number of hydrogen-bond donors (Lipinski definition) is 3. The molecule has 1 saturated heterocycles. The summed E-state index contributed by atoms with van der Waals surface area (Å²) < 4.78 is 5.41. The van der Waals surface area contributed by atoms with Crippen LogP contribution in [0.5, 0.6) is 6.01 Å². The first-order valence-electron chi connectivity index (χ1n) is 12.0. The molecule has 0 unspecified atom stereocenters. The summed E-state index contributed by atoms with van der Waals surface area (Å²) in [5.41, 5.74) is 4.24. The minimum absolute atomic E-state index is 0.281. The monoisotopic (exact) mass is 522 g/mol. The maximum atomic E-state index is 12.3. The third kappa shape index (κ3) is 4.74. The first-order chi connectivity index (χ1) is 17.9. The van der Waals surface area contributed by atoms with Crippen molar-refractivity contribution in [3.8, 4) is 6.01 Å². The Hall–Kier alpha value is -3.98. The van der Waals surface area contributed by atoms with Gasteiger partial charge in [-0.05, 0) is 35.4 Å². The predicted molar refractivity (Wildman–Crippen MR) is 141 cm³/mol. The Kier molecular flexibility index (Phi) is 6.80. The maximum absolute atomic E-state index is 12.3. The van der Waals surface area contributed by atoms with Crippen LogP contribution in [0, 0.1) is 0 Å². The van der Waals surface area contributed by atoms with Gasteiger partial charge in [0.05, 0.1) is 12.8 Å². The molecule has 0 spiro atoms. The van der Waals surface area contributed by atoms with E-state index in [0.29, 0.717) is 19.5 Å². The number of carbonyl (C=O) groups excluding carboxylic acids is 1. The second-order valence-electron chi connectivity index (χ2n) is 8.99. The molecule has 9 nitrogen and oxygen atoms in total. The van der Waals surface area contributed by atoms with Gasteiger partial charge in [-0.15, -0.1) is 0 Å². The third-order valence-corrected chi connectivity index (χ3v) is 7.21. The lowest BCUT2D eigenvalue weighted by Crippen LogP contribution is -2.50. The van der Waals surface area contributed by atoms with Gasteiger partial charge in [0.25, 0.3) is 11.7 Å². The van der Waals surface area contributed by atoms with Crippen molar-refractivity contribution in [2.75, 3.05) is 38.2 Å². The molecule has 2 heterocycles. The SMILES string of the molecule is COc1nc2c(c(N3CCN(C(=O)C(O)=C(O)O)CC3)n1)CCC(c1cccc3cccc(Cl)c13)=CC2. The van der Waals surface area contributed by atoms with E-state index in [4.69, 9.17) is 26.6 Å². The Morgan fingerprint density at radius 2 is 1.73 bits per heavy atom. The van der Waals surface area contributed by atoms with E-state index in [1.807, 2.05) is 18.2 Å². The van der Waals surface area contributed by atoms with E-state index < -0.39 is 17.6 Å². The largest absolute Gasteiger partial charge is 0.498 e. The number of nitrogens with zero attached hydrogens (tertiary/aromatic N) is 4. The van der Waals surface area contributed by atoms with Gasteiger partial charge in [-0.3, -0.25) is 4.79 Å². The predicted octanol–water partition coefficient (Wildman–Crippen LogP) is 4.36. The van der Waals surface area contributed by atoms with Crippen molar-refractivity contribution in [1.29, 1.82) is 0 Å². The van der Waals surface area contributed by atoms with Crippen molar-refractivity contribution in [3.05, 3.63) is 76.0 Å². The van der Waals surface area contributed by atoms with Gasteiger partial charge >= 0.3 is 12.0 Å². The fourth-order valence-electron chi connectivity index (χ4n) is 5.03. The number of hydrogen-bond acceptors (Lipinski definition) is 8. The molecule has 0 saturated carbocycles.